The second-order valence-corrected chi connectivity index (χ2v) is 4.50. The summed E-state index contributed by atoms with van der Waals surface area (Å²) in [7, 11) is 1.84. The Bertz CT molecular complexity index is 740. The fourth-order valence-electron chi connectivity index (χ4n) is 2.19. The van der Waals surface area contributed by atoms with Gasteiger partial charge in [0.1, 0.15) is 0 Å². The van der Waals surface area contributed by atoms with Gasteiger partial charge in [0.15, 0.2) is 5.78 Å². The van der Waals surface area contributed by atoms with Crippen LogP contribution in [0.15, 0.2) is 48.9 Å². The van der Waals surface area contributed by atoms with Gasteiger partial charge < -0.3 is 0 Å². The number of fused-ring (bicyclic) bond motifs is 1. The van der Waals surface area contributed by atoms with Crippen molar-refractivity contribution in [2.24, 2.45) is 7.05 Å². The zero-order valence-electron chi connectivity index (χ0n) is 10.6. The van der Waals surface area contributed by atoms with Crippen molar-refractivity contribution < 1.29 is 4.79 Å². The number of nitrogens with zero attached hydrogens (tertiary/aromatic N) is 3. The minimum atomic E-state index is 0.0894. The van der Waals surface area contributed by atoms with E-state index in [1.807, 2.05) is 43.6 Å². The van der Waals surface area contributed by atoms with Gasteiger partial charge >= 0.3 is 0 Å². The smallest absolute Gasteiger partial charge is 0.168 e. The van der Waals surface area contributed by atoms with Gasteiger partial charge in [-0.15, -0.1) is 0 Å². The molecule has 2 heterocycles. The van der Waals surface area contributed by atoms with Crippen molar-refractivity contribution in [3.05, 3.63) is 60.0 Å². The van der Waals surface area contributed by atoms with Crippen LogP contribution in [0, 0.1) is 0 Å². The van der Waals surface area contributed by atoms with Gasteiger partial charge in [0, 0.05) is 36.8 Å². The third-order valence-electron chi connectivity index (χ3n) is 3.07. The summed E-state index contributed by atoms with van der Waals surface area (Å²) < 4.78 is 1.70. The van der Waals surface area contributed by atoms with Crippen LogP contribution in [0.1, 0.15) is 15.9 Å². The van der Waals surface area contributed by atoms with E-state index in [4.69, 9.17) is 0 Å². The number of hydrogen-bond acceptors (Lipinski definition) is 3. The number of pyridine rings is 1. The molecule has 0 N–H and O–H groups in total. The molecular weight excluding hydrogens is 238 g/mol. The second kappa shape index (κ2) is 4.65. The normalized spacial score (nSPS) is 10.8. The second-order valence-electron chi connectivity index (χ2n) is 4.50. The minimum absolute atomic E-state index is 0.0894. The largest absolute Gasteiger partial charge is 0.294 e. The first kappa shape index (κ1) is 11.6. The van der Waals surface area contributed by atoms with Gasteiger partial charge in [0.25, 0.3) is 0 Å². The Balaban J connectivity index is 1.97. The van der Waals surface area contributed by atoms with Gasteiger partial charge in [-0.3, -0.25) is 14.5 Å². The summed E-state index contributed by atoms with van der Waals surface area (Å²) in [6, 6.07) is 9.41. The predicted molar refractivity (Wildman–Crippen MR) is 73.0 cm³/mol. The van der Waals surface area contributed by atoms with Crippen LogP contribution >= 0.6 is 0 Å². The van der Waals surface area contributed by atoms with Crippen molar-refractivity contribution in [1.29, 1.82) is 0 Å². The van der Waals surface area contributed by atoms with Gasteiger partial charge in [-0.1, -0.05) is 18.2 Å². The maximum absolute atomic E-state index is 12.4. The molecule has 3 rings (SSSR count). The number of rotatable bonds is 3. The topological polar surface area (TPSA) is 47.8 Å². The molecule has 0 atom stereocenters. The SMILES string of the molecule is Cn1cc(CC(=O)c2cccc3ncccc23)cn1. The van der Waals surface area contributed by atoms with Crippen LogP contribution in [-0.2, 0) is 13.5 Å². The van der Waals surface area contributed by atoms with E-state index in [9.17, 15) is 4.79 Å². The highest BCUT2D eigenvalue weighted by Gasteiger charge is 2.11. The summed E-state index contributed by atoms with van der Waals surface area (Å²) in [6.07, 6.45) is 5.68. The number of Topliss-reactive ketones (excluding diaryl/α,β-unsaturated/α-hetero) is 1. The highest BCUT2D eigenvalue weighted by molar-refractivity contribution is 6.08. The first-order chi connectivity index (χ1) is 9.24. The van der Waals surface area contributed by atoms with Crippen molar-refractivity contribution in [1.82, 2.24) is 14.8 Å². The molecule has 0 unspecified atom stereocenters. The number of carbonyl (C=O) groups excluding carboxylic acids is 1. The number of hydrogen-bond donors (Lipinski definition) is 0. The van der Waals surface area contributed by atoms with E-state index in [0.29, 0.717) is 6.42 Å². The number of aryl methyl sites for hydroxylation is 1. The quantitative estimate of drug-likeness (QED) is 0.671. The summed E-state index contributed by atoms with van der Waals surface area (Å²) in [5.74, 6) is 0.0894. The average molecular weight is 251 g/mol. The molecule has 2 aromatic heterocycles. The molecule has 1 aromatic carbocycles. The number of aromatic nitrogens is 3. The maximum Gasteiger partial charge on any atom is 0.168 e. The molecule has 3 aromatic rings. The Labute approximate surface area is 110 Å². The van der Waals surface area contributed by atoms with E-state index in [1.54, 1.807) is 17.1 Å². The Kier molecular flexibility index (Phi) is 2.83. The summed E-state index contributed by atoms with van der Waals surface area (Å²) in [5.41, 5.74) is 2.49. The monoisotopic (exact) mass is 251 g/mol. The average Bonchev–Trinajstić information content (AvgIpc) is 2.83. The van der Waals surface area contributed by atoms with E-state index >= 15 is 0 Å². The van der Waals surface area contributed by atoms with E-state index < -0.39 is 0 Å². The van der Waals surface area contributed by atoms with Crippen LogP contribution in [-0.4, -0.2) is 20.5 Å². The number of benzene rings is 1. The predicted octanol–water partition coefficient (Wildman–Crippen LogP) is 2.39. The van der Waals surface area contributed by atoms with E-state index in [1.165, 1.54) is 0 Å². The molecule has 0 saturated carbocycles. The summed E-state index contributed by atoms with van der Waals surface area (Å²) in [6.45, 7) is 0. The van der Waals surface area contributed by atoms with Crippen LogP contribution in [0.5, 0.6) is 0 Å². The fraction of sp³-hybridized carbons (Fsp3) is 0.133. The van der Waals surface area contributed by atoms with Crippen LogP contribution in [0.4, 0.5) is 0 Å². The van der Waals surface area contributed by atoms with Crippen molar-refractivity contribution >= 4 is 16.7 Å². The summed E-state index contributed by atoms with van der Waals surface area (Å²) >= 11 is 0. The highest BCUT2D eigenvalue weighted by Crippen LogP contribution is 2.18. The van der Waals surface area contributed by atoms with E-state index in [0.717, 1.165) is 22.0 Å². The molecule has 19 heavy (non-hydrogen) atoms. The molecule has 94 valence electrons. The van der Waals surface area contributed by atoms with Crippen molar-refractivity contribution in [3.8, 4) is 0 Å². The fourth-order valence-corrected chi connectivity index (χ4v) is 2.19. The molecule has 0 fully saturated rings. The molecule has 0 saturated heterocycles. The standard InChI is InChI=1S/C15H13N3O/c1-18-10-11(9-17-18)8-15(19)13-4-2-6-14-12(13)5-3-7-16-14/h2-7,9-10H,8H2,1H3. The van der Waals surface area contributed by atoms with Crippen LogP contribution in [0.3, 0.4) is 0 Å². The van der Waals surface area contributed by atoms with Crippen molar-refractivity contribution in [2.75, 3.05) is 0 Å². The van der Waals surface area contributed by atoms with Gasteiger partial charge in [-0.2, -0.15) is 5.10 Å². The van der Waals surface area contributed by atoms with Crippen LogP contribution < -0.4 is 0 Å². The van der Waals surface area contributed by atoms with Gasteiger partial charge in [-0.05, 0) is 17.7 Å². The van der Waals surface area contributed by atoms with Crippen LogP contribution in [0.25, 0.3) is 10.9 Å². The molecule has 0 amide bonds. The van der Waals surface area contributed by atoms with Crippen molar-refractivity contribution in [3.63, 3.8) is 0 Å². The first-order valence-electron chi connectivity index (χ1n) is 6.08. The molecule has 0 aliphatic heterocycles. The molecule has 0 aliphatic carbocycles. The maximum atomic E-state index is 12.4. The molecular formula is C15H13N3O. The Hall–Kier alpha value is -2.49. The highest BCUT2D eigenvalue weighted by atomic mass is 16.1. The summed E-state index contributed by atoms with van der Waals surface area (Å²) in [5, 5.41) is 4.98. The van der Waals surface area contributed by atoms with Gasteiger partial charge in [0.05, 0.1) is 11.7 Å². The first-order valence-corrected chi connectivity index (χ1v) is 6.08. The van der Waals surface area contributed by atoms with E-state index in [-0.39, 0.29) is 5.78 Å². The third-order valence-corrected chi connectivity index (χ3v) is 3.07. The number of carbonyl (C=O) groups is 1. The molecule has 0 spiro atoms. The van der Waals surface area contributed by atoms with Crippen LogP contribution in [0.2, 0.25) is 0 Å². The molecule has 0 aliphatic rings. The lowest BCUT2D eigenvalue weighted by Gasteiger charge is -2.04. The minimum Gasteiger partial charge on any atom is -0.294 e. The lowest BCUT2D eigenvalue weighted by Crippen LogP contribution is -2.04. The zero-order valence-corrected chi connectivity index (χ0v) is 10.6. The van der Waals surface area contributed by atoms with E-state index in [2.05, 4.69) is 10.1 Å². The van der Waals surface area contributed by atoms with Crippen molar-refractivity contribution in [2.45, 2.75) is 6.42 Å². The molecule has 0 radical (unpaired) electrons. The lowest BCUT2D eigenvalue weighted by atomic mass is 10.0. The molecule has 4 nitrogen and oxygen atoms in total. The Morgan fingerprint density at radius 1 is 1.26 bits per heavy atom. The van der Waals surface area contributed by atoms with Gasteiger partial charge in [-0.25, -0.2) is 0 Å². The Morgan fingerprint density at radius 3 is 2.95 bits per heavy atom. The summed E-state index contributed by atoms with van der Waals surface area (Å²) in [4.78, 5) is 16.6. The third kappa shape index (κ3) is 2.25. The van der Waals surface area contributed by atoms with Gasteiger partial charge in [0.2, 0.25) is 0 Å². The molecule has 0 bridgehead atoms. The zero-order chi connectivity index (χ0) is 13.2. The number of ketones is 1. The lowest BCUT2D eigenvalue weighted by molar-refractivity contribution is 0.0994. The molecule has 4 heteroatoms. The Morgan fingerprint density at radius 2 is 2.16 bits per heavy atom.